The summed E-state index contributed by atoms with van der Waals surface area (Å²) in [6, 6.07) is 14.1. The predicted molar refractivity (Wildman–Crippen MR) is 98.8 cm³/mol. The SMILES string of the molecule is O=C(NC1CC1)c1csc(-c2ccc(OCc3ccc(F)cc3)cc2)n1. The summed E-state index contributed by atoms with van der Waals surface area (Å²) in [6.07, 6.45) is 2.12. The standard InChI is InChI=1S/C20H17FN2O2S/c21-15-5-1-13(2-6-15)11-25-17-9-3-14(4-10-17)20-23-18(12-26-20)19(24)22-16-7-8-16/h1-6,9-10,12,16H,7-8,11H2,(H,22,24). The molecule has 0 radical (unpaired) electrons. The molecule has 0 aliphatic heterocycles. The third kappa shape index (κ3) is 4.08. The molecule has 1 aromatic heterocycles. The van der Waals surface area contributed by atoms with Crippen LogP contribution in [0.1, 0.15) is 28.9 Å². The average Bonchev–Trinajstić information content (AvgIpc) is 3.33. The first-order chi connectivity index (χ1) is 12.7. The van der Waals surface area contributed by atoms with Crippen LogP contribution in [-0.2, 0) is 6.61 Å². The summed E-state index contributed by atoms with van der Waals surface area (Å²) in [4.78, 5) is 16.4. The minimum absolute atomic E-state index is 0.103. The summed E-state index contributed by atoms with van der Waals surface area (Å²) in [5, 5.41) is 5.53. The Kier molecular flexibility index (Phi) is 4.67. The van der Waals surface area contributed by atoms with Gasteiger partial charge in [-0.3, -0.25) is 4.79 Å². The second-order valence-corrected chi connectivity index (χ2v) is 7.08. The first-order valence-corrected chi connectivity index (χ1v) is 9.29. The smallest absolute Gasteiger partial charge is 0.270 e. The van der Waals surface area contributed by atoms with Gasteiger partial charge in [0.05, 0.1) is 0 Å². The van der Waals surface area contributed by atoms with E-state index in [2.05, 4.69) is 10.3 Å². The van der Waals surface area contributed by atoms with E-state index in [4.69, 9.17) is 4.74 Å². The molecule has 4 nitrogen and oxygen atoms in total. The average molecular weight is 368 g/mol. The van der Waals surface area contributed by atoms with Crippen molar-refractivity contribution in [2.45, 2.75) is 25.5 Å². The van der Waals surface area contributed by atoms with Gasteiger partial charge in [-0.05, 0) is 54.8 Å². The molecule has 1 heterocycles. The lowest BCUT2D eigenvalue weighted by atomic mass is 10.2. The number of rotatable bonds is 6. The lowest BCUT2D eigenvalue weighted by Gasteiger charge is -2.07. The van der Waals surface area contributed by atoms with E-state index in [0.29, 0.717) is 18.3 Å². The molecule has 4 rings (SSSR count). The Hall–Kier alpha value is -2.73. The molecule has 1 aliphatic carbocycles. The van der Waals surface area contributed by atoms with Crippen molar-refractivity contribution < 1.29 is 13.9 Å². The summed E-state index contributed by atoms with van der Waals surface area (Å²) < 4.78 is 18.6. The quantitative estimate of drug-likeness (QED) is 0.701. The lowest BCUT2D eigenvalue weighted by molar-refractivity contribution is 0.0947. The first kappa shape index (κ1) is 16.7. The van der Waals surface area contributed by atoms with Gasteiger partial charge in [0.1, 0.15) is 28.9 Å². The number of aromatic nitrogens is 1. The number of benzene rings is 2. The van der Waals surface area contributed by atoms with Gasteiger partial charge in [-0.15, -0.1) is 11.3 Å². The molecule has 1 fully saturated rings. The van der Waals surface area contributed by atoms with Crippen LogP contribution in [0.3, 0.4) is 0 Å². The number of amides is 1. The molecular formula is C20H17FN2O2S. The van der Waals surface area contributed by atoms with E-state index in [0.717, 1.165) is 34.7 Å². The highest BCUT2D eigenvalue weighted by Gasteiger charge is 2.24. The fraction of sp³-hybridized carbons (Fsp3) is 0.200. The van der Waals surface area contributed by atoms with Crippen LogP contribution in [0.15, 0.2) is 53.9 Å². The molecule has 132 valence electrons. The third-order valence-corrected chi connectivity index (χ3v) is 4.96. The molecule has 0 saturated heterocycles. The second-order valence-electron chi connectivity index (χ2n) is 6.23. The van der Waals surface area contributed by atoms with Gasteiger partial charge >= 0.3 is 0 Å². The fourth-order valence-corrected chi connectivity index (χ4v) is 3.24. The molecule has 0 atom stereocenters. The molecule has 0 bridgehead atoms. The number of carbonyl (C=O) groups is 1. The second kappa shape index (κ2) is 7.25. The maximum atomic E-state index is 12.9. The van der Waals surface area contributed by atoms with Crippen molar-refractivity contribution in [2.24, 2.45) is 0 Å². The highest BCUT2D eigenvalue weighted by molar-refractivity contribution is 7.13. The molecule has 6 heteroatoms. The van der Waals surface area contributed by atoms with Crippen molar-refractivity contribution in [1.29, 1.82) is 0 Å². The largest absolute Gasteiger partial charge is 0.489 e. The number of nitrogens with one attached hydrogen (secondary N) is 1. The van der Waals surface area contributed by atoms with Crippen LogP contribution in [0.4, 0.5) is 4.39 Å². The fourth-order valence-electron chi connectivity index (χ4n) is 2.44. The van der Waals surface area contributed by atoms with Crippen LogP contribution >= 0.6 is 11.3 Å². The summed E-state index contributed by atoms with van der Waals surface area (Å²) in [7, 11) is 0. The van der Waals surface area contributed by atoms with Crippen molar-refractivity contribution >= 4 is 17.2 Å². The molecular weight excluding hydrogens is 351 g/mol. The lowest BCUT2D eigenvalue weighted by Crippen LogP contribution is -2.25. The number of carbonyl (C=O) groups excluding carboxylic acids is 1. The molecule has 2 aromatic carbocycles. The van der Waals surface area contributed by atoms with Crippen molar-refractivity contribution in [2.75, 3.05) is 0 Å². The molecule has 1 aliphatic rings. The van der Waals surface area contributed by atoms with E-state index in [1.165, 1.54) is 23.5 Å². The van der Waals surface area contributed by atoms with Gasteiger partial charge in [-0.25, -0.2) is 9.37 Å². The van der Waals surface area contributed by atoms with Gasteiger partial charge in [0.25, 0.3) is 5.91 Å². The van der Waals surface area contributed by atoms with Gasteiger partial charge in [0.2, 0.25) is 0 Å². The topological polar surface area (TPSA) is 51.2 Å². The minimum Gasteiger partial charge on any atom is -0.489 e. The number of nitrogens with zero attached hydrogens (tertiary/aromatic N) is 1. The van der Waals surface area contributed by atoms with Crippen LogP contribution < -0.4 is 10.1 Å². The van der Waals surface area contributed by atoms with Gasteiger partial charge in [0, 0.05) is 17.0 Å². The zero-order valence-electron chi connectivity index (χ0n) is 13.9. The van der Waals surface area contributed by atoms with Crippen molar-refractivity contribution in [3.63, 3.8) is 0 Å². The Morgan fingerprint density at radius 1 is 1.15 bits per heavy atom. The highest BCUT2D eigenvalue weighted by atomic mass is 32.1. The van der Waals surface area contributed by atoms with Crippen molar-refractivity contribution in [3.05, 3.63) is 71.0 Å². The third-order valence-electron chi connectivity index (χ3n) is 4.07. The normalized spacial score (nSPS) is 13.4. The van der Waals surface area contributed by atoms with E-state index in [1.807, 2.05) is 24.3 Å². The number of thiazole rings is 1. The van der Waals surface area contributed by atoms with Crippen LogP contribution in [0, 0.1) is 5.82 Å². The van der Waals surface area contributed by atoms with Crippen molar-refractivity contribution in [3.8, 4) is 16.3 Å². The molecule has 1 saturated carbocycles. The summed E-state index contributed by atoms with van der Waals surface area (Å²) in [5.74, 6) is 0.363. The van der Waals surface area contributed by atoms with Gasteiger partial charge in [0.15, 0.2) is 0 Å². The van der Waals surface area contributed by atoms with Gasteiger partial charge in [-0.1, -0.05) is 12.1 Å². The number of hydrogen-bond acceptors (Lipinski definition) is 4. The first-order valence-electron chi connectivity index (χ1n) is 8.41. The maximum Gasteiger partial charge on any atom is 0.270 e. The Morgan fingerprint density at radius 3 is 2.58 bits per heavy atom. The summed E-state index contributed by atoms with van der Waals surface area (Å²) in [6.45, 7) is 0.377. The molecule has 1 amide bonds. The van der Waals surface area contributed by atoms with Crippen LogP contribution in [-0.4, -0.2) is 16.9 Å². The Labute approximate surface area is 154 Å². The maximum absolute atomic E-state index is 12.9. The summed E-state index contributed by atoms with van der Waals surface area (Å²) in [5.41, 5.74) is 2.31. The Balaban J connectivity index is 1.38. The highest BCUT2D eigenvalue weighted by Crippen LogP contribution is 2.27. The molecule has 26 heavy (non-hydrogen) atoms. The monoisotopic (exact) mass is 368 g/mol. The van der Waals surface area contributed by atoms with Gasteiger partial charge < -0.3 is 10.1 Å². The predicted octanol–water partition coefficient (Wildman–Crippen LogP) is 4.42. The molecule has 0 spiro atoms. The van der Waals surface area contributed by atoms with Crippen LogP contribution in [0.5, 0.6) is 5.75 Å². The summed E-state index contributed by atoms with van der Waals surface area (Å²) >= 11 is 1.45. The minimum atomic E-state index is -0.258. The van der Waals surface area contributed by atoms with Crippen LogP contribution in [0.2, 0.25) is 0 Å². The van der Waals surface area contributed by atoms with E-state index in [9.17, 15) is 9.18 Å². The molecule has 1 N–H and O–H groups in total. The van der Waals surface area contributed by atoms with Crippen LogP contribution in [0.25, 0.3) is 10.6 Å². The number of ether oxygens (including phenoxy) is 1. The zero-order valence-corrected chi connectivity index (χ0v) is 14.8. The number of hydrogen-bond donors (Lipinski definition) is 1. The van der Waals surface area contributed by atoms with E-state index < -0.39 is 0 Å². The molecule has 3 aromatic rings. The van der Waals surface area contributed by atoms with E-state index >= 15 is 0 Å². The van der Waals surface area contributed by atoms with Gasteiger partial charge in [-0.2, -0.15) is 0 Å². The van der Waals surface area contributed by atoms with E-state index in [-0.39, 0.29) is 11.7 Å². The Bertz CT molecular complexity index is 902. The number of halogens is 1. The van der Waals surface area contributed by atoms with Crippen molar-refractivity contribution in [1.82, 2.24) is 10.3 Å². The zero-order chi connectivity index (χ0) is 17.9. The van der Waals surface area contributed by atoms with E-state index in [1.54, 1.807) is 17.5 Å². The molecule has 0 unspecified atom stereocenters. The Morgan fingerprint density at radius 2 is 1.88 bits per heavy atom.